The van der Waals surface area contributed by atoms with Gasteiger partial charge in [0, 0.05) is 10.6 Å². The summed E-state index contributed by atoms with van der Waals surface area (Å²) < 4.78 is 0. The van der Waals surface area contributed by atoms with E-state index in [0.29, 0.717) is 15.6 Å². The number of carboxylic acids is 1. The van der Waals surface area contributed by atoms with Gasteiger partial charge in [-0.2, -0.15) is 0 Å². The van der Waals surface area contributed by atoms with Gasteiger partial charge in [0.2, 0.25) is 5.88 Å². The number of hydrogen-bond acceptors (Lipinski definition) is 4. The maximum absolute atomic E-state index is 10.7. The van der Waals surface area contributed by atoms with Gasteiger partial charge in [-0.3, -0.25) is 0 Å². The average Bonchev–Trinajstić information content (AvgIpc) is 2.60. The van der Waals surface area contributed by atoms with Crippen molar-refractivity contribution >= 4 is 28.9 Å². The third-order valence-electron chi connectivity index (χ3n) is 1.88. The van der Waals surface area contributed by atoms with E-state index in [1.807, 2.05) is 0 Å². The third-order valence-corrected chi connectivity index (χ3v) is 3.19. The van der Waals surface area contributed by atoms with Crippen molar-refractivity contribution in [3.8, 4) is 16.5 Å². The lowest BCUT2D eigenvalue weighted by Crippen LogP contribution is -1.91. The van der Waals surface area contributed by atoms with Crippen LogP contribution in [0.2, 0.25) is 5.02 Å². The van der Waals surface area contributed by atoms with Gasteiger partial charge >= 0.3 is 5.97 Å². The first-order chi connectivity index (χ1) is 7.58. The van der Waals surface area contributed by atoms with E-state index < -0.39 is 11.8 Å². The van der Waals surface area contributed by atoms with E-state index in [4.69, 9.17) is 16.7 Å². The summed E-state index contributed by atoms with van der Waals surface area (Å²) in [6, 6.07) is 6.84. The Morgan fingerprint density at radius 1 is 1.44 bits per heavy atom. The molecule has 1 heterocycles. The summed E-state index contributed by atoms with van der Waals surface area (Å²) >= 11 is 6.71. The van der Waals surface area contributed by atoms with Crippen molar-refractivity contribution in [1.29, 1.82) is 0 Å². The summed E-state index contributed by atoms with van der Waals surface area (Å²) in [5, 5.41) is 19.0. The van der Waals surface area contributed by atoms with E-state index in [2.05, 4.69) is 4.98 Å². The summed E-state index contributed by atoms with van der Waals surface area (Å²) in [6.07, 6.45) is 0. The molecule has 0 radical (unpaired) electrons. The highest BCUT2D eigenvalue weighted by molar-refractivity contribution is 7.17. The predicted molar refractivity (Wildman–Crippen MR) is 61.2 cm³/mol. The molecule has 0 aliphatic heterocycles. The van der Waals surface area contributed by atoms with E-state index in [0.717, 1.165) is 11.3 Å². The summed E-state index contributed by atoms with van der Waals surface area (Å²) in [6.45, 7) is 0. The second-order valence-corrected chi connectivity index (χ2v) is 4.42. The van der Waals surface area contributed by atoms with Gasteiger partial charge in [-0.1, -0.05) is 23.7 Å². The predicted octanol–water partition coefficient (Wildman–Crippen LogP) is 2.87. The summed E-state index contributed by atoms with van der Waals surface area (Å²) in [5.41, 5.74) is 0.681. The summed E-state index contributed by atoms with van der Waals surface area (Å²) in [5.74, 6) is -1.66. The summed E-state index contributed by atoms with van der Waals surface area (Å²) in [4.78, 5) is 14.3. The van der Waals surface area contributed by atoms with Gasteiger partial charge in [0.1, 0.15) is 5.01 Å². The molecule has 0 saturated heterocycles. The van der Waals surface area contributed by atoms with Crippen LogP contribution in [0.3, 0.4) is 0 Å². The Morgan fingerprint density at radius 3 is 2.75 bits per heavy atom. The van der Waals surface area contributed by atoms with Crippen LogP contribution in [0.4, 0.5) is 0 Å². The van der Waals surface area contributed by atoms with Crippen molar-refractivity contribution in [2.45, 2.75) is 0 Å². The van der Waals surface area contributed by atoms with Gasteiger partial charge in [0.15, 0.2) is 4.88 Å². The van der Waals surface area contributed by atoms with Crippen LogP contribution in [-0.2, 0) is 0 Å². The Hall–Kier alpha value is -1.59. The van der Waals surface area contributed by atoms with Crippen LogP contribution in [0.5, 0.6) is 5.88 Å². The number of nitrogens with zero attached hydrogens (tertiary/aromatic N) is 1. The van der Waals surface area contributed by atoms with Crippen LogP contribution >= 0.6 is 22.9 Å². The molecule has 0 fully saturated rings. The van der Waals surface area contributed by atoms with E-state index in [1.165, 1.54) is 0 Å². The molecule has 6 heteroatoms. The number of benzene rings is 1. The normalized spacial score (nSPS) is 10.3. The topological polar surface area (TPSA) is 70.4 Å². The molecule has 16 heavy (non-hydrogen) atoms. The first-order valence-corrected chi connectivity index (χ1v) is 5.46. The van der Waals surface area contributed by atoms with Crippen LogP contribution in [0.15, 0.2) is 24.3 Å². The Kier molecular flexibility index (Phi) is 2.80. The Morgan fingerprint density at radius 2 is 2.19 bits per heavy atom. The molecule has 2 rings (SSSR count). The van der Waals surface area contributed by atoms with Crippen LogP contribution in [0.25, 0.3) is 10.6 Å². The molecule has 0 spiro atoms. The second-order valence-electron chi connectivity index (χ2n) is 2.99. The first kappa shape index (κ1) is 10.9. The number of aromatic nitrogens is 1. The SMILES string of the molecule is O=C(O)c1sc(-c2cccc(Cl)c2)nc1O. The highest BCUT2D eigenvalue weighted by atomic mass is 35.5. The quantitative estimate of drug-likeness (QED) is 0.866. The fraction of sp³-hybridized carbons (Fsp3) is 0. The van der Waals surface area contributed by atoms with Crippen molar-refractivity contribution < 1.29 is 15.0 Å². The van der Waals surface area contributed by atoms with Crippen LogP contribution in [-0.4, -0.2) is 21.2 Å². The molecule has 0 unspecified atom stereocenters. The Bertz CT molecular complexity index is 553. The monoisotopic (exact) mass is 255 g/mol. The molecular formula is C10H6ClNO3S. The molecule has 1 aromatic heterocycles. The third kappa shape index (κ3) is 2.00. The molecule has 2 aromatic rings. The van der Waals surface area contributed by atoms with E-state index >= 15 is 0 Å². The summed E-state index contributed by atoms with van der Waals surface area (Å²) in [7, 11) is 0. The molecular weight excluding hydrogens is 250 g/mol. The zero-order valence-corrected chi connectivity index (χ0v) is 9.42. The molecule has 0 aliphatic rings. The number of carboxylic acid groups (broad SMARTS) is 1. The first-order valence-electron chi connectivity index (χ1n) is 4.27. The van der Waals surface area contributed by atoms with Gasteiger partial charge < -0.3 is 10.2 Å². The standard InChI is InChI=1S/C10H6ClNO3S/c11-6-3-1-2-5(4-6)9-12-8(13)7(16-9)10(14)15/h1-4,13H,(H,14,15). The maximum atomic E-state index is 10.7. The van der Waals surface area contributed by atoms with Crippen molar-refractivity contribution in [3.05, 3.63) is 34.2 Å². The largest absolute Gasteiger partial charge is 0.492 e. The lowest BCUT2D eigenvalue weighted by Gasteiger charge is -1.95. The second kappa shape index (κ2) is 4.11. The number of thiazole rings is 1. The zero-order chi connectivity index (χ0) is 11.7. The van der Waals surface area contributed by atoms with Crippen LogP contribution < -0.4 is 0 Å². The molecule has 1 aromatic carbocycles. The van der Waals surface area contributed by atoms with Crippen molar-refractivity contribution in [3.63, 3.8) is 0 Å². The molecule has 0 bridgehead atoms. The molecule has 0 atom stereocenters. The van der Waals surface area contributed by atoms with E-state index in [1.54, 1.807) is 24.3 Å². The van der Waals surface area contributed by atoms with E-state index in [-0.39, 0.29) is 4.88 Å². The van der Waals surface area contributed by atoms with E-state index in [9.17, 15) is 9.90 Å². The highest BCUT2D eigenvalue weighted by Gasteiger charge is 2.17. The maximum Gasteiger partial charge on any atom is 0.351 e. The Labute approximate surface area is 99.8 Å². The highest BCUT2D eigenvalue weighted by Crippen LogP contribution is 2.32. The molecule has 0 amide bonds. The lowest BCUT2D eigenvalue weighted by atomic mass is 10.2. The number of carbonyl (C=O) groups is 1. The Balaban J connectivity index is 2.49. The number of hydrogen-bond donors (Lipinski definition) is 2. The van der Waals surface area contributed by atoms with Crippen molar-refractivity contribution in [2.75, 3.05) is 0 Å². The number of rotatable bonds is 2. The molecule has 2 N–H and O–H groups in total. The van der Waals surface area contributed by atoms with Gasteiger partial charge in [-0.05, 0) is 12.1 Å². The van der Waals surface area contributed by atoms with Gasteiger partial charge in [0.05, 0.1) is 0 Å². The fourth-order valence-corrected chi connectivity index (χ4v) is 2.18. The average molecular weight is 256 g/mol. The molecule has 0 saturated carbocycles. The smallest absolute Gasteiger partial charge is 0.351 e. The minimum Gasteiger partial charge on any atom is -0.492 e. The van der Waals surface area contributed by atoms with Crippen LogP contribution in [0.1, 0.15) is 9.67 Å². The van der Waals surface area contributed by atoms with Gasteiger partial charge in [-0.15, -0.1) is 11.3 Å². The number of halogens is 1. The molecule has 0 aliphatic carbocycles. The van der Waals surface area contributed by atoms with Gasteiger partial charge in [0.25, 0.3) is 0 Å². The molecule has 82 valence electrons. The number of aromatic carboxylic acids is 1. The zero-order valence-electron chi connectivity index (χ0n) is 7.85. The van der Waals surface area contributed by atoms with Crippen LogP contribution in [0, 0.1) is 0 Å². The van der Waals surface area contributed by atoms with Gasteiger partial charge in [-0.25, -0.2) is 9.78 Å². The minimum absolute atomic E-state index is 0.171. The lowest BCUT2D eigenvalue weighted by molar-refractivity contribution is 0.0699. The van der Waals surface area contributed by atoms with Crippen molar-refractivity contribution in [2.24, 2.45) is 0 Å². The molecule has 4 nitrogen and oxygen atoms in total. The minimum atomic E-state index is -1.19. The van der Waals surface area contributed by atoms with Crippen molar-refractivity contribution in [1.82, 2.24) is 4.98 Å². The fourth-order valence-electron chi connectivity index (χ4n) is 1.20. The number of aromatic hydroxyl groups is 1.